The van der Waals surface area contributed by atoms with Crippen molar-refractivity contribution in [2.75, 3.05) is 5.32 Å². The van der Waals surface area contributed by atoms with E-state index in [1.54, 1.807) is 0 Å². The summed E-state index contributed by atoms with van der Waals surface area (Å²) in [5, 5.41) is 4.66. The summed E-state index contributed by atoms with van der Waals surface area (Å²) in [7, 11) is 0. The minimum Gasteiger partial charge on any atom is -0.355 e. The van der Waals surface area contributed by atoms with Crippen molar-refractivity contribution in [1.29, 1.82) is 0 Å². The lowest BCUT2D eigenvalue weighted by Gasteiger charge is -2.11. The molecule has 0 fully saturated rings. The van der Waals surface area contributed by atoms with Crippen LogP contribution in [0.2, 0.25) is 0 Å². The summed E-state index contributed by atoms with van der Waals surface area (Å²) in [4.78, 5) is 4.59. The average molecular weight is 374 g/mol. The molecule has 0 saturated carbocycles. The molecule has 0 radical (unpaired) electrons. The minimum atomic E-state index is 1.02. The summed E-state index contributed by atoms with van der Waals surface area (Å²) in [6.45, 7) is 4.13. The smallest absolute Gasteiger partial charge is 0.0726 e. The van der Waals surface area contributed by atoms with Gasteiger partial charge in [0.15, 0.2) is 0 Å². The van der Waals surface area contributed by atoms with Crippen molar-refractivity contribution in [2.24, 2.45) is 0 Å². The van der Waals surface area contributed by atoms with Gasteiger partial charge in [0.05, 0.1) is 5.52 Å². The lowest BCUT2D eigenvalue weighted by atomic mass is 10.1. The largest absolute Gasteiger partial charge is 0.355 e. The first-order valence-electron chi connectivity index (χ1n) is 6.52. The van der Waals surface area contributed by atoms with Crippen LogP contribution in [0.3, 0.4) is 0 Å². The second kappa shape index (κ2) is 5.40. The number of aryl methyl sites for hydroxylation is 2. The Morgan fingerprint density at radius 2 is 1.70 bits per heavy atom. The Morgan fingerprint density at radius 3 is 2.45 bits per heavy atom. The van der Waals surface area contributed by atoms with Crippen LogP contribution in [0.15, 0.2) is 48.5 Å². The third-order valence-electron chi connectivity index (χ3n) is 3.22. The maximum atomic E-state index is 4.59. The summed E-state index contributed by atoms with van der Waals surface area (Å²) < 4.78 is 1.24. The van der Waals surface area contributed by atoms with Crippen molar-refractivity contribution >= 4 is 44.9 Å². The molecule has 0 spiro atoms. The van der Waals surface area contributed by atoms with Gasteiger partial charge in [-0.25, -0.2) is 0 Å². The third-order valence-corrected chi connectivity index (χ3v) is 3.93. The molecule has 0 unspecified atom stereocenters. The standard InChI is InChI=1S/C17H15IN2/c1-11-3-8-16-15(9-11)17(10-12(2)19-16)20-14-6-4-13(18)5-7-14/h3-10H,1-2H3,(H,19,20). The fourth-order valence-electron chi connectivity index (χ4n) is 2.26. The zero-order valence-electron chi connectivity index (χ0n) is 11.4. The topological polar surface area (TPSA) is 24.9 Å². The third kappa shape index (κ3) is 2.77. The lowest BCUT2D eigenvalue weighted by Crippen LogP contribution is -1.95. The molecule has 1 aromatic heterocycles. The highest BCUT2D eigenvalue weighted by atomic mass is 127. The van der Waals surface area contributed by atoms with Gasteiger partial charge in [-0.05, 0) is 78.9 Å². The molecule has 0 amide bonds. The first kappa shape index (κ1) is 13.4. The van der Waals surface area contributed by atoms with Gasteiger partial charge < -0.3 is 5.32 Å². The number of anilines is 2. The normalized spacial score (nSPS) is 10.8. The fraction of sp³-hybridized carbons (Fsp3) is 0.118. The van der Waals surface area contributed by atoms with E-state index < -0.39 is 0 Å². The summed E-state index contributed by atoms with van der Waals surface area (Å²) in [6, 6.07) is 16.9. The van der Waals surface area contributed by atoms with E-state index in [4.69, 9.17) is 0 Å². The van der Waals surface area contributed by atoms with E-state index in [0.29, 0.717) is 0 Å². The average Bonchev–Trinajstić information content (AvgIpc) is 2.42. The first-order chi connectivity index (χ1) is 9.61. The highest BCUT2D eigenvalue weighted by Crippen LogP contribution is 2.27. The van der Waals surface area contributed by atoms with Gasteiger partial charge in [0.2, 0.25) is 0 Å². The van der Waals surface area contributed by atoms with Crippen LogP contribution in [0, 0.1) is 17.4 Å². The molecule has 0 aliphatic rings. The van der Waals surface area contributed by atoms with Gasteiger partial charge >= 0.3 is 0 Å². The maximum absolute atomic E-state index is 4.59. The molecule has 2 nitrogen and oxygen atoms in total. The Balaban J connectivity index is 2.10. The van der Waals surface area contributed by atoms with Crippen LogP contribution in [0.5, 0.6) is 0 Å². The molecule has 0 aliphatic heterocycles. The Kier molecular flexibility index (Phi) is 3.61. The molecule has 0 saturated heterocycles. The number of aromatic nitrogens is 1. The molecule has 1 heterocycles. The van der Waals surface area contributed by atoms with E-state index in [1.165, 1.54) is 9.13 Å². The van der Waals surface area contributed by atoms with Crippen molar-refractivity contribution in [2.45, 2.75) is 13.8 Å². The zero-order chi connectivity index (χ0) is 14.1. The molecule has 20 heavy (non-hydrogen) atoms. The predicted molar refractivity (Wildman–Crippen MR) is 93.7 cm³/mol. The predicted octanol–water partition coefficient (Wildman–Crippen LogP) is 5.20. The van der Waals surface area contributed by atoms with E-state index in [2.05, 4.69) is 88.3 Å². The summed E-state index contributed by atoms with van der Waals surface area (Å²) >= 11 is 2.31. The second-order valence-electron chi connectivity index (χ2n) is 4.96. The number of nitrogens with one attached hydrogen (secondary N) is 1. The SMILES string of the molecule is Cc1ccc2nc(C)cc(Nc3ccc(I)cc3)c2c1. The first-order valence-corrected chi connectivity index (χ1v) is 7.60. The van der Waals surface area contributed by atoms with Crippen molar-refractivity contribution in [3.05, 3.63) is 63.4 Å². The summed E-state index contributed by atoms with van der Waals surface area (Å²) in [5.74, 6) is 0. The van der Waals surface area contributed by atoms with Crippen molar-refractivity contribution in [3.63, 3.8) is 0 Å². The van der Waals surface area contributed by atoms with Crippen LogP contribution in [-0.4, -0.2) is 4.98 Å². The van der Waals surface area contributed by atoms with E-state index in [1.807, 2.05) is 6.92 Å². The van der Waals surface area contributed by atoms with Crippen LogP contribution in [-0.2, 0) is 0 Å². The molecular formula is C17H15IN2. The Hall–Kier alpha value is -1.62. The lowest BCUT2D eigenvalue weighted by molar-refractivity contribution is 1.25. The van der Waals surface area contributed by atoms with E-state index >= 15 is 0 Å². The second-order valence-corrected chi connectivity index (χ2v) is 6.21. The van der Waals surface area contributed by atoms with Gasteiger partial charge in [-0.15, -0.1) is 0 Å². The molecule has 3 aromatic rings. The van der Waals surface area contributed by atoms with Gasteiger partial charge in [-0.3, -0.25) is 4.98 Å². The van der Waals surface area contributed by atoms with Gasteiger partial charge in [0.1, 0.15) is 0 Å². The molecule has 0 bridgehead atoms. The van der Waals surface area contributed by atoms with Crippen LogP contribution >= 0.6 is 22.6 Å². The molecule has 1 N–H and O–H groups in total. The van der Waals surface area contributed by atoms with Crippen LogP contribution in [0.1, 0.15) is 11.3 Å². The molecular weight excluding hydrogens is 359 g/mol. The molecule has 3 heteroatoms. The van der Waals surface area contributed by atoms with E-state index in [0.717, 1.165) is 28.0 Å². The van der Waals surface area contributed by atoms with Gasteiger partial charge in [-0.2, -0.15) is 0 Å². The van der Waals surface area contributed by atoms with Crippen LogP contribution in [0.25, 0.3) is 10.9 Å². The van der Waals surface area contributed by atoms with E-state index in [-0.39, 0.29) is 0 Å². The van der Waals surface area contributed by atoms with Gasteiger partial charge in [0.25, 0.3) is 0 Å². The molecule has 3 rings (SSSR count). The van der Waals surface area contributed by atoms with Crippen LogP contribution < -0.4 is 5.32 Å². The summed E-state index contributed by atoms with van der Waals surface area (Å²) in [5.41, 5.74) is 5.50. The van der Waals surface area contributed by atoms with Gasteiger partial charge in [-0.1, -0.05) is 11.6 Å². The maximum Gasteiger partial charge on any atom is 0.0726 e. The van der Waals surface area contributed by atoms with Crippen molar-refractivity contribution in [1.82, 2.24) is 4.98 Å². The monoisotopic (exact) mass is 374 g/mol. The number of halogens is 1. The minimum absolute atomic E-state index is 1.02. The number of hydrogen-bond donors (Lipinski definition) is 1. The number of benzene rings is 2. The van der Waals surface area contributed by atoms with Crippen LogP contribution in [0.4, 0.5) is 11.4 Å². The summed E-state index contributed by atoms with van der Waals surface area (Å²) in [6.07, 6.45) is 0. The molecule has 100 valence electrons. The Bertz CT molecular complexity index is 764. The highest BCUT2D eigenvalue weighted by Gasteiger charge is 2.05. The quantitative estimate of drug-likeness (QED) is 0.624. The number of pyridine rings is 1. The number of rotatable bonds is 2. The van der Waals surface area contributed by atoms with E-state index in [9.17, 15) is 0 Å². The highest BCUT2D eigenvalue weighted by molar-refractivity contribution is 14.1. The Labute approximate surface area is 132 Å². The van der Waals surface area contributed by atoms with Gasteiger partial charge in [0, 0.05) is 26.0 Å². The Morgan fingerprint density at radius 1 is 0.950 bits per heavy atom. The molecule has 0 aliphatic carbocycles. The number of fused-ring (bicyclic) bond motifs is 1. The number of nitrogens with zero attached hydrogens (tertiary/aromatic N) is 1. The zero-order valence-corrected chi connectivity index (χ0v) is 13.6. The molecule has 0 atom stereocenters. The fourth-order valence-corrected chi connectivity index (χ4v) is 2.62. The van der Waals surface area contributed by atoms with Crippen molar-refractivity contribution in [3.8, 4) is 0 Å². The van der Waals surface area contributed by atoms with Crippen molar-refractivity contribution < 1.29 is 0 Å². The number of hydrogen-bond acceptors (Lipinski definition) is 2. The molecule has 2 aromatic carbocycles.